The number of ketones is 2. The number of thioether (sulfide) groups is 2. The minimum absolute atomic E-state index is 0.0648. The lowest BCUT2D eigenvalue weighted by molar-refractivity contribution is 0.101. The van der Waals surface area contributed by atoms with Crippen LogP contribution >= 0.6 is 34.9 Å². The van der Waals surface area contributed by atoms with E-state index in [4.69, 9.17) is 0 Å². The Morgan fingerprint density at radius 1 is 0.889 bits per heavy atom. The van der Waals surface area contributed by atoms with Gasteiger partial charge in [0.15, 0.2) is 20.2 Å². The first-order chi connectivity index (χ1) is 13.0. The van der Waals surface area contributed by atoms with Crippen LogP contribution in [0.5, 0.6) is 0 Å². The first kappa shape index (κ1) is 19.8. The number of aromatic nitrogens is 2. The van der Waals surface area contributed by atoms with Crippen LogP contribution in [-0.4, -0.2) is 33.3 Å². The minimum atomic E-state index is 0.0648. The highest BCUT2D eigenvalue weighted by molar-refractivity contribution is 8.03. The van der Waals surface area contributed by atoms with Crippen molar-refractivity contribution in [3.8, 4) is 0 Å². The van der Waals surface area contributed by atoms with Gasteiger partial charge in [0.25, 0.3) is 0 Å². The normalized spacial score (nSPS) is 10.7. The smallest absolute Gasteiger partial charge is 0.175 e. The van der Waals surface area contributed by atoms with Crippen molar-refractivity contribution in [3.05, 3.63) is 70.8 Å². The fraction of sp³-hybridized carbons (Fsp3) is 0.200. The van der Waals surface area contributed by atoms with Crippen molar-refractivity contribution in [2.75, 3.05) is 11.5 Å². The van der Waals surface area contributed by atoms with Crippen LogP contribution in [0.15, 0.2) is 57.2 Å². The Hall–Kier alpha value is -1.96. The van der Waals surface area contributed by atoms with E-state index in [1.165, 1.54) is 34.9 Å². The second-order valence-electron chi connectivity index (χ2n) is 5.94. The van der Waals surface area contributed by atoms with Crippen molar-refractivity contribution in [1.29, 1.82) is 0 Å². The van der Waals surface area contributed by atoms with Gasteiger partial charge in [-0.2, -0.15) is 0 Å². The lowest BCUT2D eigenvalue weighted by Gasteiger charge is -2.04. The van der Waals surface area contributed by atoms with Crippen LogP contribution in [-0.2, 0) is 0 Å². The largest absolute Gasteiger partial charge is 0.293 e. The van der Waals surface area contributed by atoms with Crippen LogP contribution in [0.4, 0.5) is 0 Å². The molecule has 0 fully saturated rings. The van der Waals surface area contributed by atoms with Crippen LogP contribution in [0.3, 0.4) is 0 Å². The van der Waals surface area contributed by atoms with E-state index in [2.05, 4.69) is 10.2 Å². The predicted molar refractivity (Wildman–Crippen MR) is 112 cm³/mol. The van der Waals surface area contributed by atoms with Gasteiger partial charge in [0.05, 0.1) is 11.5 Å². The monoisotopic (exact) mass is 414 g/mol. The number of aryl methyl sites for hydroxylation is 2. The molecule has 0 saturated carbocycles. The molecule has 0 bridgehead atoms. The minimum Gasteiger partial charge on any atom is -0.293 e. The highest BCUT2D eigenvalue weighted by Crippen LogP contribution is 2.29. The van der Waals surface area contributed by atoms with E-state index < -0.39 is 0 Å². The van der Waals surface area contributed by atoms with Gasteiger partial charge >= 0.3 is 0 Å². The number of hydrogen-bond acceptors (Lipinski definition) is 7. The first-order valence-corrected chi connectivity index (χ1v) is 11.1. The summed E-state index contributed by atoms with van der Waals surface area (Å²) in [6.45, 7) is 3.97. The quantitative estimate of drug-likeness (QED) is 0.377. The number of nitrogens with zero attached hydrogens (tertiary/aromatic N) is 2. The Morgan fingerprint density at radius 3 is 2.15 bits per heavy atom. The molecule has 3 rings (SSSR count). The van der Waals surface area contributed by atoms with Gasteiger partial charge < -0.3 is 0 Å². The molecule has 0 aliphatic heterocycles. The molecule has 0 spiro atoms. The van der Waals surface area contributed by atoms with E-state index in [9.17, 15) is 9.59 Å². The van der Waals surface area contributed by atoms with Crippen LogP contribution < -0.4 is 0 Å². The molecule has 3 aromatic rings. The number of Topliss-reactive ketones (excluding diaryl/α,β-unsaturated/α-hetero) is 2. The molecular formula is C20H18N2O2S3. The van der Waals surface area contributed by atoms with Gasteiger partial charge in [-0.05, 0) is 19.4 Å². The third-order valence-electron chi connectivity index (χ3n) is 3.82. The molecule has 0 unspecified atom stereocenters. The molecule has 0 atom stereocenters. The Balaban J connectivity index is 1.52. The number of carbonyl (C=O) groups excluding carboxylic acids is 2. The Kier molecular flexibility index (Phi) is 6.82. The van der Waals surface area contributed by atoms with E-state index in [1.54, 1.807) is 0 Å². The first-order valence-electron chi connectivity index (χ1n) is 8.31. The summed E-state index contributed by atoms with van der Waals surface area (Å²) in [6, 6.07) is 15.1. The number of hydrogen-bond donors (Lipinski definition) is 0. The number of benzene rings is 2. The van der Waals surface area contributed by atoms with E-state index in [1.807, 2.05) is 62.4 Å². The molecule has 2 aromatic carbocycles. The van der Waals surface area contributed by atoms with Crippen LogP contribution in [0.1, 0.15) is 31.8 Å². The predicted octanol–water partition coefficient (Wildman–Crippen LogP) is 5.10. The molecule has 138 valence electrons. The molecule has 0 aliphatic carbocycles. The lowest BCUT2D eigenvalue weighted by atomic mass is 10.0. The maximum absolute atomic E-state index is 12.4. The van der Waals surface area contributed by atoms with Crippen molar-refractivity contribution in [1.82, 2.24) is 10.2 Å². The lowest BCUT2D eigenvalue weighted by Crippen LogP contribution is -2.04. The van der Waals surface area contributed by atoms with Gasteiger partial charge in [-0.25, -0.2) is 0 Å². The molecule has 1 heterocycles. The molecule has 4 nitrogen and oxygen atoms in total. The van der Waals surface area contributed by atoms with E-state index >= 15 is 0 Å². The summed E-state index contributed by atoms with van der Waals surface area (Å²) in [6.07, 6.45) is 0. The molecule has 0 amide bonds. The average molecular weight is 415 g/mol. The van der Waals surface area contributed by atoms with Crippen molar-refractivity contribution in [2.45, 2.75) is 22.5 Å². The molecule has 7 heteroatoms. The Labute approximate surface area is 170 Å². The molecule has 1 aromatic heterocycles. The summed E-state index contributed by atoms with van der Waals surface area (Å²) in [5, 5.41) is 8.22. The Morgan fingerprint density at radius 2 is 1.52 bits per heavy atom. The van der Waals surface area contributed by atoms with Gasteiger partial charge in [0.2, 0.25) is 0 Å². The number of carbonyl (C=O) groups is 2. The summed E-state index contributed by atoms with van der Waals surface area (Å²) >= 11 is 4.17. The molecule has 0 saturated heterocycles. The Bertz CT molecular complexity index is 955. The maximum Gasteiger partial charge on any atom is 0.175 e. The highest BCUT2D eigenvalue weighted by Gasteiger charge is 2.13. The molecule has 27 heavy (non-hydrogen) atoms. The second kappa shape index (κ2) is 9.30. The third kappa shape index (κ3) is 5.51. The topological polar surface area (TPSA) is 59.9 Å². The zero-order chi connectivity index (χ0) is 19.2. The summed E-state index contributed by atoms with van der Waals surface area (Å²) < 4.78 is 1.48. The SMILES string of the molecule is Cc1ccc(C(=O)CSc2nnc(SCC(=O)c3ccccc3)s2)c(C)c1. The highest BCUT2D eigenvalue weighted by atomic mass is 32.2. The van der Waals surface area contributed by atoms with Gasteiger partial charge in [-0.15, -0.1) is 10.2 Å². The molecule has 0 radical (unpaired) electrons. The molecular weight excluding hydrogens is 396 g/mol. The van der Waals surface area contributed by atoms with Gasteiger partial charge in [0.1, 0.15) is 0 Å². The van der Waals surface area contributed by atoms with Crippen molar-refractivity contribution >= 4 is 46.4 Å². The summed E-state index contributed by atoms with van der Waals surface area (Å²) in [5.74, 6) is 0.799. The molecule has 0 aliphatic rings. The standard InChI is InChI=1S/C20H18N2O2S3/c1-13-8-9-16(14(2)10-13)18(24)12-26-20-22-21-19(27-20)25-11-17(23)15-6-4-3-5-7-15/h3-10H,11-12H2,1-2H3. The third-order valence-corrected chi connectivity index (χ3v) is 7.01. The van der Waals surface area contributed by atoms with Gasteiger partial charge in [0, 0.05) is 11.1 Å². The fourth-order valence-corrected chi connectivity index (χ4v) is 5.28. The van der Waals surface area contributed by atoms with Crippen molar-refractivity contribution in [3.63, 3.8) is 0 Å². The molecule has 0 N–H and O–H groups in total. The fourth-order valence-electron chi connectivity index (χ4n) is 2.48. The average Bonchev–Trinajstić information content (AvgIpc) is 3.13. The maximum atomic E-state index is 12.4. The van der Waals surface area contributed by atoms with Crippen molar-refractivity contribution < 1.29 is 9.59 Å². The van der Waals surface area contributed by atoms with E-state index in [-0.39, 0.29) is 11.6 Å². The summed E-state index contributed by atoms with van der Waals surface area (Å²) in [7, 11) is 0. The van der Waals surface area contributed by atoms with Gasteiger partial charge in [-0.3, -0.25) is 9.59 Å². The number of rotatable bonds is 8. The second-order valence-corrected chi connectivity index (χ2v) is 9.36. The van der Waals surface area contributed by atoms with Gasteiger partial charge in [-0.1, -0.05) is 89.0 Å². The van der Waals surface area contributed by atoms with E-state index in [0.29, 0.717) is 17.1 Å². The summed E-state index contributed by atoms with van der Waals surface area (Å²) in [4.78, 5) is 24.6. The summed E-state index contributed by atoms with van der Waals surface area (Å²) in [5.41, 5.74) is 3.59. The van der Waals surface area contributed by atoms with Crippen LogP contribution in [0.2, 0.25) is 0 Å². The zero-order valence-electron chi connectivity index (χ0n) is 15.0. The zero-order valence-corrected chi connectivity index (χ0v) is 17.4. The van der Waals surface area contributed by atoms with E-state index in [0.717, 1.165) is 25.4 Å². The van der Waals surface area contributed by atoms with Crippen molar-refractivity contribution in [2.24, 2.45) is 0 Å². The van der Waals surface area contributed by atoms with Crippen LogP contribution in [0, 0.1) is 13.8 Å². The van der Waals surface area contributed by atoms with Crippen LogP contribution in [0.25, 0.3) is 0 Å².